The van der Waals surface area contributed by atoms with Gasteiger partial charge in [-0.3, -0.25) is 9.97 Å². The van der Waals surface area contributed by atoms with Crippen LogP contribution in [0.15, 0.2) is 79.1 Å². The number of ether oxygens (including phenoxy) is 1. The number of pyridine rings is 1. The quantitative estimate of drug-likeness (QED) is 0.275. The predicted molar refractivity (Wildman–Crippen MR) is 133 cm³/mol. The summed E-state index contributed by atoms with van der Waals surface area (Å²) in [7, 11) is 0. The van der Waals surface area contributed by atoms with Gasteiger partial charge in [0, 0.05) is 47.0 Å². The Morgan fingerprint density at radius 2 is 1.59 bits per heavy atom. The second-order valence-electron chi connectivity index (χ2n) is 8.05. The molecule has 0 spiro atoms. The average Bonchev–Trinajstić information content (AvgIpc) is 2.86. The highest BCUT2D eigenvalue weighted by molar-refractivity contribution is 5.99. The monoisotopic (exact) mass is 501 g/mol. The Morgan fingerprint density at radius 3 is 2.32 bits per heavy atom. The number of fused-ring (bicyclic) bond motifs is 1. The Morgan fingerprint density at radius 1 is 0.811 bits per heavy atom. The number of aromatic nitrogens is 3. The number of amides is 2. The van der Waals surface area contributed by atoms with Gasteiger partial charge in [-0.2, -0.15) is 0 Å². The summed E-state index contributed by atoms with van der Waals surface area (Å²) in [6, 6.07) is 14.6. The minimum Gasteiger partial charge on any atom is -0.451 e. The second kappa shape index (κ2) is 9.94. The third kappa shape index (κ3) is 5.48. The van der Waals surface area contributed by atoms with Gasteiger partial charge in [-0.25, -0.2) is 22.9 Å². The zero-order chi connectivity index (χ0) is 25.9. The Bertz CT molecular complexity index is 1600. The Kier molecular flexibility index (Phi) is 6.38. The van der Waals surface area contributed by atoms with Crippen LogP contribution in [0, 0.1) is 24.4 Å². The van der Waals surface area contributed by atoms with Crippen molar-refractivity contribution < 1.29 is 22.7 Å². The maximum Gasteiger partial charge on any atom is 0.323 e. The number of carbonyl (C=O) groups is 1. The van der Waals surface area contributed by atoms with E-state index >= 15 is 0 Å². The standard InChI is InChI=1S/C27H18F3N5O2/c1-15-5-6-16(13-31-15)25-14-32-23-8-7-20(12-24(23)35-25)37-26-21(29)10-19(11-22(26)30)34-27(36)33-18-4-2-3-17(28)9-18/h2-14H,1H3,(H2,33,34,36). The Hall–Kier alpha value is -4.99. The molecule has 0 saturated carbocycles. The molecule has 10 heteroatoms. The molecule has 0 aliphatic rings. The van der Waals surface area contributed by atoms with Crippen LogP contribution in [0.5, 0.6) is 11.5 Å². The summed E-state index contributed by atoms with van der Waals surface area (Å²) in [5.74, 6) is -3.12. The van der Waals surface area contributed by atoms with Crippen molar-refractivity contribution in [2.45, 2.75) is 6.92 Å². The summed E-state index contributed by atoms with van der Waals surface area (Å²) in [5.41, 5.74) is 3.28. The molecule has 0 aliphatic carbocycles. The highest BCUT2D eigenvalue weighted by atomic mass is 19.1. The molecule has 0 atom stereocenters. The van der Waals surface area contributed by atoms with E-state index in [1.54, 1.807) is 18.5 Å². The molecule has 0 fully saturated rings. The van der Waals surface area contributed by atoms with E-state index < -0.39 is 29.2 Å². The number of aryl methyl sites for hydroxylation is 1. The van der Waals surface area contributed by atoms with E-state index in [1.807, 2.05) is 19.1 Å². The first-order chi connectivity index (χ1) is 17.8. The van der Waals surface area contributed by atoms with E-state index in [1.165, 1.54) is 30.3 Å². The van der Waals surface area contributed by atoms with Crippen molar-refractivity contribution in [1.29, 1.82) is 0 Å². The number of hydrogen-bond acceptors (Lipinski definition) is 5. The van der Waals surface area contributed by atoms with Crippen LogP contribution in [0.1, 0.15) is 5.69 Å². The number of nitrogens with one attached hydrogen (secondary N) is 2. The van der Waals surface area contributed by atoms with Crippen LogP contribution in [0.3, 0.4) is 0 Å². The number of urea groups is 1. The summed E-state index contributed by atoms with van der Waals surface area (Å²) >= 11 is 0. The van der Waals surface area contributed by atoms with Crippen LogP contribution in [0.25, 0.3) is 22.3 Å². The molecule has 0 radical (unpaired) electrons. The van der Waals surface area contributed by atoms with Gasteiger partial charge in [0.2, 0.25) is 0 Å². The van der Waals surface area contributed by atoms with Crippen molar-refractivity contribution in [1.82, 2.24) is 15.0 Å². The fraction of sp³-hybridized carbons (Fsp3) is 0.0370. The Labute approximate surface area is 209 Å². The second-order valence-corrected chi connectivity index (χ2v) is 8.05. The molecule has 2 amide bonds. The van der Waals surface area contributed by atoms with Crippen LogP contribution in [-0.2, 0) is 0 Å². The summed E-state index contributed by atoms with van der Waals surface area (Å²) < 4.78 is 48.2. The van der Waals surface area contributed by atoms with Crippen LogP contribution in [0.2, 0.25) is 0 Å². The summed E-state index contributed by atoms with van der Waals surface area (Å²) in [6.07, 6.45) is 3.30. The number of rotatable bonds is 5. The van der Waals surface area contributed by atoms with Gasteiger partial charge in [-0.05, 0) is 49.4 Å². The van der Waals surface area contributed by atoms with Gasteiger partial charge in [-0.15, -0.1) is 0 Å². The first-order valence-electron chi connectivity index (χ1n) is 11.0. The highest BCUT2D eigenvalue weighted by Crippen LogP contribution is 2.32. The Balaban J connectivity index is 1.34. The maximum atomic E-state index is 14.7. The zero-order valence-electron chi connectivity index (χ0n) is 19.3. The van der Waals surface area contributed by atoms with Gasteiger partial charge >= 0.3 is 6.03 Å². The van der Waals surface area contributed by atoms with Crippen molar-refractivity contribution in [2.75, 3.05) is 10.6 Å². The topological polar surface area (TPSA) is 89.0 Å². The molecule has 37 heavy (non-hydrogen) atoms. The number of anilines is 2. The van der Waals surface area contributed by atoms with Crippen LogP contribution >= 0.6 is 0 Å². The van der Waals surface area contributed by atoms with E-state index in [0.29, 0.717) is 16.7 Å². The van der Waals surface area contributed by atoms with Gasteiger partial charge in [0.15, 0.2) is 17.4 Å². The fourth-order valence-corrected chi connectivity index (χ4v) is 3.52. The molecule has 2 heterocycles. The van der Waals surface area contributed by atoms with E-state index in [-0.39, 0.29) is 17.1 Å². The van der Waals surface area contributed by atoms with Crippen molar-refractivity contribution in [3.8, 4) is 22.8 Å². The molecule has 2 N–H and O–H groups in total. The molecule has 0 bridgehead atoms. The summed E-state index contributed by atoms with van der Waals surface area (Å²) in [4.78, 5) is 25.3. The zero-order valence-corrected chi connectivity index (χ0v) is 19.3. The molecule has 2 aromatic heterocycles. The summed E-state index contributed by atoms with van der Waals surface area (Å²) in [6.45, 7) is 1.88. The predicted octanol–water partition coefficient (Wildman–Crippen LogP) is 6.85. The maximum absolute atomic E-state index is 14.7. The molecule has 0 unspecified atom stereocenters. The van der Waals surface area contributed by atoms with Crippen LogP contribution in [-0.4, -0.2) is 21.0 Å². The van der Waals surface area contributed by atoms with Crippen molar-refractivity contribution in [3.63, 3.8) is 0 Å². The van der Waals surface area contributed by atoms with E-state index in [0.717, 1.165) is 29.5 Å². The molecule has 5 rings (SSSR count). The SMILES string of the molecule is Cc1ccc(-c2cnc3ccc(Oc4c(F)cc(NC(=O)Nc5cccc(F)c5)cc4F)cc3n2)cn1. The lowest BCUT2D eigenvalue weighted by molar-refractivity contribution is 0.262. The van der Waals surface area contributed by atoms with Crippen LogP contribution in [0.4, 0.5) is 29.3 Å². The molecular weight excluding hydrogens is 483 g/mol. The van der Waals surface area contributed by atoms with E-state index in [4.69, 9.17) is 4.74 Å². The largest absolute Gasteiger partial charge is 0.451 e. The number of benzene rings is 3. The summed E-state index contributed by atoms with van der Waals surface area (Å²) in [5, 5.41) is 4.68. The lowest BCUT2D eigenvalue weighted by atomic mass is 10.2. The minimum absolute atomic E-state index is 0.142. The minimum atomic E-state index is -1.04. The number of nitrogens with zero attached hydrogens (tertiary/aromatic N) is 3. The third-order valence-corrected chi connectivity index (χ3v) is 5.28. The first kappa shape index (κ1) is 23.7. The van der Waals surface area contributed by atoms with Gasteiger partial charge in [0.05, 0.1) is 22.9 Å². The van der Waals surface area contributed by atoms with Gasteiger partial charge < -0.3 is 15.4 Å². The third-order valence-electron chi connectivity index (χ3n) is 5.28. The van der Waals surface area contributed by atoms with Gasteiger partial charge in [0.25, 0.3) is 0 Å². The van der Waals surface area contributed by atoms with Crippen LogP contribution < -0.4 is 15.4 Å². The lowest BCUT2D eigenvalue weighted by Crippen LogP contribution is -2.19. The van der Waals surface area contributed by atoms with Gasteiger partial charge in [0.1, 0.15) is 11.6 Å². The highest BCUT2D eigenvalue weighted by Gasteiger charge is 2.16. The van der Waals surface area contributed by atoms with E-state index in [9.17, 15) is 18.0 Å². The molecule has 0 saturated heterocycles. The molecule has 3 aromatic carbocycles. The number of halogens is 3. The normalized spacial score (nSPS) is 10.8. The number of carbonyl (C=O) groups excluding carboxylic acids is 1. The molecule has 7 nitrogen and oxygen atoms in total. The molecule has 0 aliphatic heterocycles. The molecule has 5 aromatic rings. The smallest absolute Gasteiger partial charge is 0.323 e. The fourth-order valence-electron chi connectivity index (χ4n) is 3.52. The lowest BCUT2D eigenvalue weighted by Gasteiger charge is -2.12. The number of hydrogen-bond donors (Lipinski definition) is 2. The van der Waals surface area contributed by atoms with Crippen molar-refractivity contribution in [3.05, 3.63) is 102 Å². The average molecular weight is 501 g/mol. The molecular formula is C27H18F3N5O2. The van der Waals surface area contributed by atoms with Gasteiger partial charge in [-0.1, -0.05) is 6.07 Å². The van der Waals surface area contributed by atoms with Crippen molar-refractivity contribution in [2.24, 2.45) is 0 Å². The van der Waals surface area contributed by atoms with E-state index in [2.05, 4.69) is 25.6 Å². The molecule has 184 valence electrons. The van der Waals surface area contributed by atoms with Crippen molar-refractivity contribution >= 4 is 28.4 Å². The first-order valence-corrected chi connectivity index (χ1v) is 11.0.